The van der Waals surface area contributed by atoms with Gasteiger partial charge in [-0.1, -0.05) is 0 Å². The number of likely N-dealkylation sites (tertiary alicyclic amines) is 1. The lowest BCUT2D eigenvalue weighted by molar-refractivity contribution is -0.0800. The predicted octanol–water partition coefficient (Wildman–Crippen LogP) is 1.49. The van der Waals surface area contributed by atoms with Crippen molar-refractivity contribution in [2.75, 3.05) is 33.3 Å². The van der Waals surface area contributed by atoms with E-state index in [0.717, 1.165) is 26.0 Å². The van der Waals surface area contributed by atoms with E-state index in [-0.39, 0.29) is 5.60 Å². The Morgan fingerprint density at radius 2 is 1.93 bits per heavy atom. The number of likely N-dealkylation sites (N-methyl/N-ethyl adjacent to an activating group) is 1. The zero-order valence-corrected chi connectivity index (χ0v) is 10.7. The average Bonchev–Trinajstić information content (AvgIpc) is 2.19. The van der Waals surface area contributed by atoms with Crippen LogP contribution in [0.5, 0.6) is 0 Å². The first-order valence-corrected chi connectivity index (χ1v) is 6.16. The molecule has 15 heavy (non-hydrogen) atoms. The highest BCUT2D eigenvalue weighted by atomic mass is 16.5. The molecule has 3 heteroatoms. The number of nitrogens with zero attached hydrogens (tertiary/aromatic N) is 1. The van der Waals surface area contributed by atoms with E-state index in [2.05, 4.69) is 31.0 Å². The third-order valence-electron chi connectivity index (χ3n) is 3.39. The molecule has 0 amide bonds. The number of hydrogen-bond donors (Lipinski definition) is 1. The van der Waals surface area contributed by atoms with Crippen molar-refractivity contribution in [1.29, 1.82) is 0 Å². The van der Waals surface area contributed by atoms with Gasteiger partial charge in [0.25, 0.3) is 0 Å². The van der Waals surface area contributed by atoms with Crippen molar-refractivity contribution in [3.8, 4) is 0 Å². The Labute approximate surface area is 94.2 Å². The van der Waals surface area contributed by atoms with Gasteiger partial charge < -0.3 is 15.0 Å². The van der Waals surface area contributed by atoms with Crippen LogP contribution in [0.1, 0.15) is 33.6 Å². The number of ether oxygens (including phenoxy) is 1. The normalized spacial score (nSPS) is 22.2. The molecule has 90 valence electrons. The summed E-state index contributed by atoms with van der Waals surface area (Å²) in [6.45, 7) is 10.8. The highest BCUT2D eigenvalue weighted by molar-refractivity contribution is 4.90. The molecule has 1 rings (SSSR count). The lowest BCUT2D eigenvalue weighted by Gasteiger charge is -2.43. The molecule has 0 radical (unpaired) electrons. The summed E-state index contributed by atoms with van der Waals surface area (Å²) in [6.07, 6.45) is 2.31. The Hall–Kier alpha value is -0.120. The largest absolute Gasteiger partial charge is 0.374 e. The van der Waals surface area contributed by atoms with Crippen LogP contribution >= 0.6 is 0 Å². The second kappa shape index (κ2) is 5.83. The van der Waals surface area contributed by atoms with Crippen molar-refractivity contribution >= 4 is 0 Å². The SMILES string of the molecule is CCOC1(CNC)CCN(C(C)C)CC1. The molecule has 0 aromatic carbocycles. The predicted molar refractivity (Wildman–Crippen MR) is 64.2 cm³/mol. The van der Waals surface area contributed by atoms with Crippen LogP contribution in [0, 0.1) is 0 Å². The molecule has 1 N–H and O–H groups in total. The fraction of sp³-hybridized carbons (Fsp3) is 1.00. The summed E-state index contributed by atoms with van der Waals surface area (Å²) < 4.78 is 5.95. The quantitative estimate of drug-likeness (QED) is 0.750. The van der Waals surface area contributed by atoms with E-state index in [9.17, 15) is 0 Å². The Kier molecular flexibility index (Phi) is 5.03. The molecule has 0 bridgehead atoms. The minimum Gasteiger partial charge on any atom is -0.374 e. The molecular weight excluding hydrogens is 188 g/mol. The van der Waals surface area contributed by atoms with Crippen LogP contribution in [-0.4, -0.2) is 49.8 Å². The summed E-state index contributed by atoms with van der Waals surface area (Å²) >= 11 is 0. The van der Waals surface area contributed by atoms with E-state index in [1.165, 1.54) is 13.1 Å². The van der Waals surface area contributed by atoms with Crippen LogP contribution < -0.4 is 5.32 Å². The van der Waals surface area contributed by atoms with Crippen molar-refractivity contribution in [2.24, 2.45) is 0 Å². The molecular formula is C12H26N2O. The van der Waals surface area contributed by atoms with E-state index < -0.39 is 0 Å². The van der Waals surface area contributed by atoms with Gasteiger partial charge in [-0.2, -0.15) is 0 Å². The summed E-state index contributed by atoms with van der Waals surface area (Å²) in [5, 5.41) is 3.26. The summed E-state index contributed by atoms with van der Waals surface area (Å²) in [4.78, 5) is 2.53. The zero-order valence-electron chi connectivity index (χ0n) is 10.7. The average molecular weight is 214 g/mol. The maximum absolute atomic E-state index is 5.95. The summed E-state index contributed by atoms with van der Waals surface area (Å²) in [5.41, 5.74) is 0.0922. The monoisotopic (exact) mass is 214 g/mol. The van der Waals surface area contributed by atoms with Gasteiger partial charge in [0.2, 0.25) is 0 Å². The van der Waals surface area contributed by atoms with Crippen LogP contribution in [0.2, 0.25) is 0 Å². The molecule has 0 aromatic rings. The van der Waals surface area contributed by atoms with Crippen LogP contribution in [0.3, 0.4) is 0 Å². The van der Waals surface area contributed by atoms with Crippen LogP contribution in [0.4, 0.5) is 0 Å². The van der Waals surface area contributed by atoms with Crippen molar-refractivity contribution in [2.45, 2.75) is 45.3 Å². The standard InChI is InChI=1S/C12H26N2O/c1-5-15-12(10-13-4)6-8-14(9-7-12)11(2)3/h11,13H,5-10H2,1-4H3. The molecule has 0 aromatic heterocycles. The van der Waals surface area contributed by atoms with Gasteiger partial charge in [0, 0.05) is 32.3 Å². The number of piperidine rings is 1. The minimum absolute atomic E-state index is 0.0922. The number of nitrogens with one attached hydrogen (secondary N) is 1. The molecule has 0 spiro atoms. The van der Waals surface area contributed by atoms with Crippen molar-refractivity contribution in [3.05, 3.63) is 0 Å². The Morgan fingerprint density at radius 1 is 1.33 bits per heavy atom. The van der Waals surface area contributed by atoms with Gasteiger partial charge >= 0.3 is 0 Å². The highest BCUT2D eigenvalue weighted by Gasteiger charge is 2.34. The van der Waals surface area contributed by atoms with Crippen molar-refractivity contribution in [1.82, 2.24) is 10.2 Å². The fourth-order valence-corrected chi connectivity index (χ4v) is 2.45. The lowest BCUT2D eigenvalue weighted by Crippen LogP contribution is -2.52. The van der Waals surface area contributed by atoms with Crippen LogP contribution in [0.15, 0.2) is 0 Å². The van der Waals surface area contributed by atoms with Crippen LogP contribution in [0.25, 0.3) is 0 Å². The molecule has 1 fully saturated rings. The molecule has 0 aliphatic carbocycles. The molecule has 1 aliphatic rings. The summed E-state index contributed by atoms with van der Waals surface area (Å²) in [5.74, 6) is 0. The first kappa shape index (κ1) is 12.9. The molecule has 0 saturated carbocycles. The highest BCUT2D eigenvalue weighted by Crippen LogP contribution is 2.26. The van der Waals surface area contributed by atoms with Crippen molar-refractivity contribution in [3.63, 3.8) is 0 Å². The third kappa shape index (κ3) is 3.44. The van der Waals surface area contributed by atoms with E-state index in [0.29, 0.717) is 6.04 Å². The maximum atomic E-state index is 5.95. The van der Waals surface area contributed by atoms with Gasteiger partial charge in [-0.05, 0) is 40.7 Å². The number of hydrogen-bond acceptors (Lipinski definition) is 3. The Balaban J connectivity index is 2.49. The van der Waals surface area contributed by atoms with Gasteiger partial charge in [-0.3, -0.25) is 0 Å². The van der Waals surface area contributed by atoms with Gasteiger partial charge in [0.15, 0.2) is 0 Å². The molecule has 0 atom stereocenters. The first-order chi connectivity index (χ1) is 7.13. The topological polar surface area (TPSA) is 24.5 Å². The molecule has 1 saturated heterocycles. The molecule has 0 unspecified atom stereocenters. The smallest absolute Gasteiger partial charge is 0.0830 e. The van der Waals surface area contributed by atoms with Gasteiger partial charge in [-0.25, -0.2) is 0 Å². The second-order valence-electron chi connectivity index (χ2n) is 4.78. The Morgan fingerprint density at radius 3 is 2.33 bits per heavy atom. The third-order valence-corrected chi connectivity index (χ3v) is 3.39. The summed E-state index contributed by atoms with van der Waals surface area (Å²) in [7, 11) is 2.01. The number of rotatable bonds is 5. The fourth-order valence-electron chi connectivity index (χ4n) is 2.45. The zero-order chi connectivity index (χ0) is 11.3. The lowest BCUT2D eigenvalue weighted by atomic mass is 9.90. The Bertz CT molecular complexity index is 166. The van der Waals surface area contributed by atoms with Gasteiger partial charge in [-0.15, -0.1) is 0 Å². The van der Waals surface area contributed by atoms with Crippen molar-refractivity contribution < 1.29 is 4.74 Å². The van der Waals surface area contributed by atoms with Gasteiger partial charge in [0.1, 0.15) is 0 Å². The second-order valence-corrected chi connectivity index (χ2v) is 4.78. The minimum atomic E-state index is 0.0922. The first-order valence-electron chi connectivity index (χ1n) is 6.16. The van der Waals surface area contributed by atoms with Gasteiger partial charge in [0.05, 0.1) is 5.60 Å². The molecule has 1 aliphatic heterocycles. The van der Waals surface area contributed by atoms with E-state index in [4.69, 9.17) is 4.74 Å². The maximum Gasteiger partial charge on any atom is 0.0830 e. The van der Waals surface area contributed by atoms with E-state index in [1.54, 1.807) is 0 Å². The van der Waals surface area contributed by atoms with E-state index >= 15 is 0 Å². The summed E-state index contributed by atoms with van der Waals surface area (Å²) in [6, 6.07) is 0.666. The molecule has 1 heterocycles. The van der Waals surface area contributed by atoms with E-state index in [1.807, 2.05) is 7.05 Å². The molecule has 3 nitrogen and oxygen atoms in total. The van der Waals surface area contributed by atoms with Crippen LogP contribution in [-0.2, 0) is 4.74 Å².